The van der Waals surface area contributed by atoms with Crippen LogP contribution in [-0.2, 0) is 0 Å². The Morgan fingerprint density at radius 1 is 1.40 bits per heavy atom. The fraction of sp³-hybridized carbons (Fsp3) is 0.111. The van der Waals surface area contributed by atoms with E-state index in [4.69, 9.17) is 0 Å². The second kappa shape index (κ2) is 5.26. The molecule has 11 heteroatoms. The fourth-order valence-corrected chi connectivity index (χ4v) is 3.92. The molecule has 0 aliphatic heterocycles. The number of hydrogen-bond acceptors (Lipinski definition) is 9. The molecule has 0 bridgehead atoms. The van der Waals surface area contributed by atoms with Crippen LogP contribution in [0, 0.1) is 17.0 Å². The van der Waals surface area contributed by atoms with Gasteiger partial charge in [0.1, 0.15) is 11.2 Å². The van der Waals surface area contributed by atoms with E-state index >= 15 is 0 Å². The summed E-state index contributed by atoms with van der Waals surface area (Å²) in [4.78, 5) is 15.3. The molecule has 0 saturated carbocycles. The predicted octanol–water partition coefficient (Wildman–Crippen LogP) is 2.55. The third-order valence-corrected chi connectivity index (χ3v) is 5.14. The van der Waals surface area contributed by atoms with Crippen LogP contribution in [0.5, 0.6) is 0 Å². The van der Waals surface area contributed by atoms with Crippen LogP contribution in [-0.4, -0.2) is 30.1 Å². The van der Waals surface area contributed by atoms with Gasteiger partial charge in [-0.2, -0.15) is 4.68 Å². The lowest BCUT2D eigenvalue weighted by Gasteiger charge is -1.97. The third-order valence-electron chi connectivity index (χ3n) is 2.21. The van der Waals surface area contributed by atoms with Crippen LogP contribution in [0.25, 0.3) is 5.00 Å². The van der Waals surface area contributed by atoms with Crippen molar-refractivity contribution in [1.29, 1.82) is 0 Å². The molecule has 0 unspecified atom stereocenters. The third kappa shape index (κ3) is 2.55. The number of nitrogens with zero attached hydrogens (tertiary/aromatic N) is 6. The quantitative estimate of drug-likeness (QED) is 0.536. The first-order chi connectivity index (χ1) is 9.63. The minimum atomic E-state index is -0.465. The van der Waals surface area contributed by atoms with Gasteiger partial charge in [0.05, 0.1) is 4.92 Å². The highest BCUT2D eigenvalue weighted by Crippen LogP contribution is 2.34. The van der Waals surface area contributed by atoms with Crippen molar-refractivity contribution in [3.8, 4) is 5.00 Å². The second-order valence-electron chi connectivity index (χ2n) is 3.58. The van der Waals surface area contributed by atoms with Crippen LogP contribution in [0.2, 0.25) is 0 Å². The van der Waals surface area contributed by atoms with Crippen LogP contribution in [0.4, 0.5) is 5.00 Å². The van der Waals surface area contributed by atoms with Gasteiger partial charge in [-0.3, -0.25) is 10.1 Å². The Morgan fingerprint density at radius 3 is 2.90 bits per heavy atom. The lowest BCUT2D eigenvalue weighted by Crippen LogP contribution is -1.95. The first-order valence-electron chi connectivity index (χ1n) is 5.27. The summed E-state index contributed by atoms with van der Waals surface area (Å²) < 4.78 is 2.12. The molecule has 3 rings (SSSR count). The summed E-state index contributed by atoms with van der Waals surface area (Å²) in [6, 6.07) is 3.90. The summed E-state index contributed by atoms with van der Waals surface area (Å²) >= 11 is 3.76. The average Bonchev–Trinajstić information content (AvgIpc) is 3.09. The number of thiazole rings is 1. The molecule has 0 aromatic carbocycles. The Balaban J connectivity index is 1.88. The van der Waals surface area contributed by atoms with Crippen molar-refractivity contribution in [2.24, 2.45) is 0 Å². The predicted molar refractivity (Wildman–Crippen MR) is 74.7 cm³/mol. The number of hydrogen-bond donors (Lipinski definition) is 0. The van der Waals surface area contributed by atoms with E-state index in [1.807, 2.05) is 19.1 Å². The zero-order valence-corrected chi connectivity index (χ0v) is 12.4. The van der Waals surface area contributed by atoms with Crippen molar-refractivity contribution in [2.75, 3.05) is 0 Å². The van der Waals surface area contributed by atoms with Gasteiger partial charge in [0, 0.05) is 4.88 Å². The first-order valence-corrected chi connectivity index (χ1v) is 7.71. The van der Waals surface area contributed by atoms with E-state index in [-0.39, 0.29) is 5.00 Å². The number of aromatic nitrogens is 5. The SMILES string of the molecule is Cc1ccc(-n2nnnc2Sc2ncc([N+](=O)[O-])s2)s1. The summed E-state index contributed by atoms with van der Waals surface area (Å²) in [5, 5.41) is 23.5. The van der Waals surface area contributed by atoms with E-state index in [0.717, 1.165) is 21.2 Å². The van der Waals surface area contributed by atoms with E-state index in [9.17, 15) is 10.1 Å². The van der Waals surface area contributed by atoms with Crippen molar-refractivity contribution in [3.05, 3.63) is 33.3 Å². The highest BCUT2D eigenvalue weighted by Gasteiger charge is 2.17. The maximum Gasteiger partial charge on any atom is 0.344 e. The van der Waals surface area contributed by atoms with Crippen LogP contribution >= 0.6 is 34.4 Å². The van der Waals surface area contributed by atoms with Gasteiger partial charge in [-0.25, -0.2) is 4.98 Å². The molecule has 0 saturated heterocycles. The minimum absolute atomic E-state index is 0.00140. The molecular formula is C9H6N6O2S3. The lowest BCUT2D eigenvalue weighted by molar-refractivity contribution is -0.380. The molecule has 0 N–H and O–H groups in total. The molecule has 3 aromatic heterocycles. The summed E-state index contributed by atoms with van der Waals surface area (Å²) in [5.74, 6) is 0. The second-order valence-corrected chi connectivity index (χ2v) is 7.07. The fourth-order valence-electron chi connectivity index (χ4n) is 1.38. The summed E-state index contributed by atoms with van der Waals surface area (Å²) in [5.41, 5.74) is 0. The van der Waals surface area contributed by atoms with Crippen molar-refractivity contribution in [3.63, 3.8) is 0 Å². The molecule has 3 aromatic rings. The van der Waals surface area contributed by atoms with E-state index < -0.39 is 4.92 Å². The Labute approximate surface area is 124 Å². The van der Waals surface area contributed by atoms with Gasteiger partial charge in [0.15, 0.2) is 4.34 Å². The van der Waals surface area contributed by atoms with Gasteiger partial charge < -0.3 is 0 Å². The van der Waals surface area contributed by atoms with E-state index in [1.165, 1.54) is 18.0 Å². The topological polar surface area (TPSA) is 99.6 Å². The largest absolute Gasteiger partial charge is 0.344 e. The average molecular weight is 326 g/mol. The van der Waals surface area contributed by atoms with Gasteiger partial charge in [-0.1, -0.05) is 0 Å². The van der Waals surface area contributed by atoms with Gasteiger partial charge >= 0.3 is 5.00 Å². The maximum atomic E-state index is 10.6. The Kier molecular flexibility index (Phi) is 3.46. The Bertz CT molecular complexity index is 763. The van der Waals surface area contributed by atoms with Crippen molar-refractivity contribution in [2.45, 2.75) is 16.4 Å². The molecule has 0 aliphatic carbocycles. The smallest absolute Gasteiger partial charge is 0.257 e. The number of thiophene rings is 1. The van der Waals surface area contributed by atoms with Gasteiger partial charge in [0.25, 0.3) is 0 Å². The normalized spacial score (nSPS) is 10.8. The Hall–Kier alpha value is -1.85. The number of aryl methyl sites for hydroxylation is 1. The molecule has 102 valence electrons. The van der Waals surface area contributed by atoms with Gasteiger partial charge in [-0.15, -0.1) is 16.4 Å². The highest BCUT2D eigenvalue weighted by atomic mass is 32.2. The van der Waals surface area contributed by atoms with Crippen molar-refractivity contribution >= 4 is 39.4 Å². The van der Waals surface area contributed by atoms with Crippen LogP contribution in [0.15, 0.2) is 27.8 Å². The zero-order valence-electron chi connectivity index (χ0n) is 9.96. The molecule has 0 spiro atoms. The molecule has 8 nitrogen and oxygen atoms in total. The summed E-state index contributed by atoms with van der Waals surface area (Å²) in [7, 11) is 0. The Morgan fingerprint density at radius 2 is 2.25 bits per heavy atom. The van der Waals surface area contributed by atoms with E-state index in [1.54, 1.807) is 16.0 Å². The first kappa shape index (κ1) is 13.1. The summed E-state index contributed by atoms with van der Waals surface area (Å²) in [6.07, 6.45) is 1.23. The van der Waals surface area contributed by atoms with Crippen molar-refractivity contribution in [1.82, 2.24) is 25.2 Å². The zero-order chi connectivity index (χ0) is 14.1. The number of rotatable bonds is 4. The van der Waals surface area contributed by atoms with Crippen LogP contribution < -0.4 is 0 Å². The highest BCUT2D eigenvalue weighted by molar-refractivity contribution is 8.00. The molecule has 0 radical (unpaired) electrons. The van der Waals surface area contributed by atoms with E-state index in [2.05, 4.69) is 20.5 Å². The maximum absolute atomic E-state index is 10.6. The monoisotopic (exact) mass is 326 g/mol. The standard InChI is InChI=1S/C9H6N6O2S3/c1-5-2-3-6(18-5)14-8(11-12-13-14)20-9-10-4-7(19-9)15(16)17/h2-4H,1H3. The van der Waals surface area contributed by atoms with Gasteiger partial charge in [-0.05, 0) is 52.6 Å². The number of tetrazole rings is 1. The molecule has 3 heterocycles. The van der Waals surface area contributed by atoms with E-state index in [0.29, 0.717) is 9.50 Å². The molecule has 0 aliphatic rings. The molecule has 20 heavy (non-hydrogen) atoms. The lowest BCUT2D eigenvalue weighted by atomic mass is 10.5. The van der Waals surface area contributed by atoms with Crippen molar-refractivity contribution < 1.29 is 4.92 Å². The molecule has 0 fully saturated rings. The van der Waals surface area contributed by atoms with Crippen LogP contribution in [0.1, 0.15) is 4.88 Å². The number of nitro groups is 1. The molecular weight excluding hydrogens is 320 g/mol. The van der Waals surface area contributed by atoms with Crippen LogP contribution in [0.3, 0.4) is 0 Å². The van der Waals surface area contributed by atoms with Gasteiger partial charge in [0.2, 0.25) is 5.16 Å². The minimum Gasteiger partial charge on any atom is -0.257 e. The molecule has 0 atom stereocenters. The molecule has 0 amide bonds. The summed E-state index contributed by atoms with van der Waals surface area (Å²) in [6.45, 7) is 2.00.